The number of halogens is 2. The van der Waals surface area contributed by atoms with Crippen LogP contribution in [-0.2, 0) is 15.9 Å². The highest BCUT2D eigenvalue weighted by molar-refractivity contribution is 9.10. The Morgan fingerprint density at radius 3 is 2.71 bits per heavy atom. The molecule has 2 rings (SSSR count). The van der Waals surface area contributed by atoms with Gasteiger partial charge in [-0.3, -0.25) is 0 Å². The van der Waals surface area contributed by atoms with Gasteiger partial charge in [0.05, 0.1) is 4.90 Å². The van der Waals surface area contributed by atoms with Gasteiger partial charge in [0.25, 0.3) is 0 Å². The summed E-state index contributed by atoms with van der Waals surface area (Å²) in [5.74, 6) is 0.312. The van der Waals surface area contributed by atoms with E-state index in [1.165, 1.54) is 0 Å². The number of rotatable bonds is 3. The van der Waals surface area contributed by atoms with E-state index in [0.717, 1.165) is 36.8 Å². The summed E-state index contributed by atoms with van der Waals surface area (Å²) in [7, 11) is -3.49. The van der Waals surface area contributed by atoms with Crippen LogP contribution in [0.2, 0.25) is 0 Å². The zero-order valence-corrected chi connectivity index (χ0v) is 15.6. The lowest BCUT2D eigenvalue weighted by molar-refractivity contribution is 0.342. The molecule has 1 atom stereocenters. The first-order chi connectivity index (χ1) is 9.87. The summed E-state index contributed by atoms with van der Waals surface area (Å²) in [5, 5.41) is 0. The third-order valence-corrected chi connectivity index (χ3v) is 7.68. The van der Waals surface area contributed by atoms with E-state index < -0.39 is 10.0 Å². The normalized spacial score (nSPS) is 21.2. The second-order valence-corrected chi connectivity index (χ2v) is 8.59. The Morgan fingerprint density at radius 2 is 2.05 bits per heavy atom. The fourth-order valence-electron chi connectivity index (χ4n) is 2.81. The van der Waals surface area contributed by atoms with Gasteiger partial charge in [0.2, 0.25) is 10.0 Å². The molecule has 0 amide bonds. The van der Waals surface area contributed by atoms with E-state index in [4.69, 9.17) is 11.6 Å². The molecule has 0 bridgehead atoms. The number of benzene rings is 1. The molecule has 0 N–H and O–H groups in total. The molecule has 0 radical (unpaired) electrons. The molecule has 0 aliphatic carbocycles. The van der Waals surface area contributed by atoms with Gasteiger partial charge in [0, 0.05) is 22.9 Å². The summed E-state index contributed by atoms with van der Waals surface area (Å²) in [4.78, 5) is 0.340. The smallest absolute Gasteiger partial charge is 0.207 e. The summed E-state index contributed by atoms with van der Waals surface area (Å²) >= 11 is 9.33. The van der Waals surface area contributed by atoms with Crippen molar-refractivity contribution in [3.05, 3.63) is 27.7 Å². The van der Waals surface area contributed by atoms with Gasteiger partial charge >= 0.3 is 0 Å². The van der Waals surface area contributed by atoms with Crippen molar-refractivity contribution in [2.45, 2.75) is 56.3 Å². The highest BCUT2D eigenvalue weighted by Gasteiger charge is 2.32. The zero-order valence-electron chi connectivity index (χ0n) is 12.4. The SMILES string of the molecule is Cc1cc(CCl)cc(S(=O)(=O)N2CCCCCC2C)c1Br. The molecular formula is C15H21BrClNO2S. The lowest BCUT2D eigenvalue weighted by Gasteiger charge is -2.27. The molecule has 0 aromatic heterocycles. The van der Waals surface area contributed by atoms with Gasteiger partial charge in [-0.05, 0) is 59.8 Å². The Labute approximate surface area is 140 Å². The highest BCUT2D eigenvalue weighted by atomic mass is 79.9. The largest absolute Gasteiger partial charge is 0.244 e. The van der Waals surface area contributed by atoms with Crippen molar-refractivity contribution in [3.63, 3.8) is 0 Å². The number of nitrogens with zero attached hydrogens (tertiary/aromatic N) is 1. The molecule has 1 aromatic carbocycles. The molecule has 3 nitrogen and oxygen atoms in total. The van der Waals surface area contributed by atoms with Gasteiger partial charge in [-0.25, -0.2) is 8.42 Å². The summed E-state index contributed by atoms with van der Waals surface area (Å²) in [5.41, 5.74) is 1.73. The summed E-state index contributed by atoms with van der Waals surface area (Å²) in [6, 6.07) is 3.66. The zero-order chi connectivity index (χ0) is 15.6. The second-order valence-electron chi connectivity index (χ2n) is 5.67. The maximum atomic E-state index is 13.0. The molecule has 118 valence electrons. The summed E-state index contributed by atoms with van der Waals surface area (Å²) < 4.78 is 28.4. The quantitative estimate of drug-likeness (QED) is 0.710. The maximum absolute atomic E-state index is 13.0. The van der Waals surface area contributed by atoms with Crippen LogP contribution in [0.4, 0.5) is 0 Å². The van der Waals surface area contributed by atoms with Crippen LogP contribution in [-0.4, -0.2) is 25.3 Å². The number of sulfonamides is 1. The van der Waals surface area contributed by atoms with Crippen molar-refractivity contribution in [1.29, 1.82) is 0 Å². The van der Waals surface area contributed by atoms with Crippen molar-refractivity contribution >= 4 is 37.6 Å². The molecule has 1 saturated heterocycles. The Balaban J connectivity index is 2.50. The van der Waals surface area contributed by atoms with Gasteiger partial charge in [-0.2, -0.15) is 4.31 Å². The Kier molecular flexibility index (Phi) is 5.74. The standard InChI is InChI=1S/C15H21BrClNO2S/c1-11-8-13(10-17)9-14(15(11)16)21(19,20)18-7-5-3-4-6-12(18)2/h8-9,12H,3-7,10H2,1-2H3. The van der Waals surface area contributed by atoms with E-state index >= 15 is 0 Å². The topological polar surface area (TPSA) is 37.4 Å². The first kappa shape index (κ1) is 17.3. The second kappa shape index (κ2) is 6.99. The van der Waals surface area contributed by atoms with Crippen molar-refractivity contribution in [3.8, 4) is 0 Å². The third kappa shape index (κ3) is 3.63. The number of hydrogen-bond acceptors (Lipinski definition) is 2. The van der Waals surface area contributed by atoms with Crippen molar-refractivity contribution in [1.82, 2.24) is 4.31 Å². The van der Waals surface area contributed by atoms with E-state index in [0.29, 0.717) is 21.8 Å². The minimum Gasteiger partial charge on any atom is -0.207 e. The van der Waals surface area contributed by atoms with Crippen LogP contribution >= 0.6 is 27.5 Å². The monoisotopic (exact) mass is 393 g/mol. The van der Waals surface area contributed by atoms with Gasteiger partial charge in [-0.1, -0.05) is 18.9 Å². The number of aryl methyl sites for hydroxylation is 1. The van der Waals surface area contributed by atoms with Crippen molar-refractivity contribution < 1.29 is 8.42 Å². The van der Waals surface area contributed by atoms with Crippen LogP contribution in [0.3, 0.4) is 0 Å². The molecule has 1 aliphatic rings. The van der Waals surface area contributed by atoms with Gasteiger partial charge < -0.3 is 0 Å². The minimum absolute atomic E-state index is 0.0457. The average Bonchev–Trinajstić information content (AvgIpc) is 2.66. The van der Waals surface area contributed by atoms with Gasteiger partial charge in [-0.15, -0.1) is 11.6 Å². The number of alkyl halides is 1. The molecule has 0 saturated carbocycles. The van der Waals surface area contributed by atoms with E-state index in [1.54, 1.807) is 10.4 Å². The number of hydrogen-bond donors (Lipinski definition) is 0. The Morgan fingerprint density at radius 1 is 1.33 bits per heavy atom. The van der Waals surface area contributed by atoms with Gasteiger partial charge in [0.1, 0.15) is 0 Å². The third-order valence-electron chi connectivity index (χ3n) is 4.01. The molecule has 6 heteroatoms. The van der Waals surface area contributed by atoms with Crippen LogP contribution in [0.1, 0.15) is 43.7 Å². The molecule has 1 aromatic rings. The maximum Gasteiger partial charge on any atom is 0.244 e. The predicted molar refractivity (Wildman–Crippen MR) is 90.3 cm³/mol. The fourth-order valence-corrected chi connectivity index (χ4v) is 5.69. The lowest BCUT2D eigenvalue weighted by atomic mass is 10.1. The Hall–Kier alpha value is -0.100. The average molecular weight is 395 g/mol. The van der Waals surface area contributed by atoms with Crippen LogP contribution in [0.25, 0.3) is 0 Å². The van der Waals surface area contributed by atoms with E-state index in [2.05, 4.69) is 15.9 Å². The van der Waals surface area contributed by atoms with E-state index in [-0.39, 0.29) is 6.04 Å². The van der Waals surface area contributed by atoms with E-state index in [1.807, 2.05) is 19.9 Å². The summed E-state index contributed by atoms with van der Waals surface area (Å²) in [6.45, 7) is 4.49. The molecule has 1 heterocycles. The fraction of sp³-hybridized carbons (Fsp3) is 0.600. The molecule has 0 spiro atoms. The summed E-state index contributed by atoms with van der Waals surface area (Å²) in [6.07, 6.45) is 4.04. The minimum atomic E-state index is -3.49. The van der Waals surface area contributed by atoms with Gasteiger partial charge in [0.15, 0.2) is 0 Å². The first-order valence-corrected chi connectivity index (χ1v) is 10.0. The lowest BCUT2D eigenvalue weighted by Crippen LogP contribution is -2.38. The molecular weight excluding hydrogens is 374 g/mol. The van der Waals surface area contributed by atoms with E-state index in [9.17, 15) is 8.42 Å². The Bertz CT molecular complexity index is 618. The van der Waals surface area contributed by atoms with Crippen molar-refractivity contribution in [2.75, 3.05) is 6.54 Å². The predicted octanol–water partition coefficient (Wildman–Crippen LogP) is 4.45. The van der Waals surface area contributed by atoms with Crippen LogP contribution in [0, 0.1) is 6.92 Å². The van der Waals surface area contributed by atoms with Crippen LogP contribution in [0.5, 0.6) is 0 Å². The van der Waals surface area contributed by atoms with Crippen molar-refractivity contribution in [2.24, 2.45) is 0 Å². The van der Waals surface area contributed by atoms with Crippen LogP contribution in [0.15, 0.2) is 21.5 Å². The molecule has 21 heavy (non-hydrogen) atoms. The first-order valence-electron chi connectivity index (χ1n) is 7.24. The van der Waals surface area contributed by atoms with Crippen LogP contribution < -0.4 is 0 Å². The molecule has 1 unspecified atom stereocenters. The highest BCUT2D eigenvalue weighted by Crippen LogP contribution is 2.32. The molecule has 1 fully saturated rings. The molecule has 1 aliphatic heterocycles.